The molecule has 0 bridgehead atoms. The lowest BCUT2D eigenvalue weighted by Crippen LogP contribution is -2.48. The van der Waals surface area contributed by atoms with Crippen molar-refractivity contribution in [1.82, 2.24) is 10.2 Å². The lowest BCUT2D eigenvalue weighted by atomic mass is 10.1. The Balaban J connectivity index is 2.19. The highest BCUT2D eigenvalue weighted by Crippen LogP contribution is 2.27. The highest BCUT2D eigenvalue weighted by Gasteiger charge is 2.27. The summed E-state index contributed by atoms with van der Waals surface area (Å²) in [6.45, 7) is 6.45. The molecule has 0 aliphatic carbocycles. The zero-order chi connectivity index (χ0) is 27.6. The molecule has 1 N–H and O–H groups in total. The molecule has 2 aromatic rings. The fourth-order valence-electron chi connectivity index (χ4n) is 3.87. The van der Waals surface area contributed by atoms with Crippen LogP contribution < -0.4 is 9.62 Å². The van der Waals surface area contributed by atoms with E-state index in [2.05, 4.69) is 5.32 Å². The summed E-state index contributed by atoms with van der Waals surface area (Å²) in [7, 11) is -3.55. The van der Waals surface area contributed by atoms with Gasteiger partial charge in [0.05, 0.1) is 11.9 Å². The van der Waals surface area contributed by atoms with Crippen molar-refractivity contribution in [3.63, 3.8) is 0 Å². The Bertz CT molecular complexity index is 1140. The molecule has 0 spiro atoms. The number of hydrogen-bond acceptors (Lipinski definition) is 4. The molecule has 0 aliphatic rings. The number of halogens is 2. The number of amides is 2. The second kappa shape index (κ2) is 14.6. The molecule has 0 unspecified atom stereocenters. The topological polar surface area (TPSA) is 86.8 Å². The highest BCUT2D eigenvalue weighted by molar-refractivity contribution is 7.92. The van der Waals surface area contributed by atoms with E-state index in [1.807, 2.05) is 26.0 Å². The largest absolute Gasteiger partial charge is 0.354 e. The molecule has 37 heavy (non-hydrogen) atoms. The Hall–Kier alpha value is -2.29. The number of unbranched alkanes of at least 4 members (excludes halogenated alkanes) is 1. The maximum atomic E-state index is 13.4. The van der Waals surface area contributed by atoms with Crippen LogP contribution in [0.25, 0.3) is 0 Å². The van der Waals surface area contributed by atoms with Crippen molar-refractivity contribution >= 4 is 50.7 Å². The Morgan fingerprint density at radius 2 is 1.62 bits per heavy atom. The molecule has 0 radical (unpaired) electrons. The SMILES string of the molecule is CCCCNC(=O)[C@@H](C)N(Cc1c(Cl)cccc1Cl)C(=O)CCCN(c1ccc(CC)cc1)S(C)(=O)=O. The molecule has 0 heterocycles. The summed E-state index contributed by atoms with van der Waals surface area (Å²) >= 11 is 12.7. The average molecular weight is 571 g/mol. The fourth-order valence-corrected chi connectivity index (χ4v) is 5.36. The lowest BCUT2D eigenvalue weighted by Gasteiger charge is -2.30. The van der Waals surface area contributed by atoms with Crippen molar-refractivity contribution in [2.45, 2.75) is 65.5 Å². The third kappa shape index (κ3) is 9.20. The van der Waals surface area contributed by atoms with Crippen LogP contribution in [0.1, 0.15) is 57.6 Å². The van der Waals surface area contributed by atoms with Crippen molar-refractivity contribution < 1.29 is 18.0 Å². The van der Waals surface area contributed by atoms with E-state index >= 15 is 0 Å². The molecule has 0 fully saturated rings. The number of anilines is 1. The molecule has 0 aliphatic heterocycles. The van der Waals surface area contributed by atoms with Gasteiger partial charge in [0, 0.05) is 41.7 Å². The van der Waals surface area contributed by atoms with E-state index in [-0.39, 0.29) is 37.7 Å². The van der Waals surface area contributed by atoms with Gasteiger partial charge in [0.25, 0.3) is 0 Å². The molecule has 0 saturated heterocycles. The minimum absolute atomic E-state index is 0.0493. The predicted molar refractivity (Wildman–Crippen MR) is 152 cm³/mol. The van der Waals surface area contributed by atoms with E-state index in [4.69, 9.17) is 23.2 Å². The maximum Gasteiger partial charge on any atom is 0.242 e. The predicted octanol–water partition coefficient (Wildman–Crippen LogP) is 5.44. The minimum atomic E-state index is -3.55. The van der Waals surface area contributed by atoms with Gasteiger partial charge in [-0.05, 0) is 56.0 Å². The first-order valence-electron chi connectivity index (χ1n) is 12.6. The van der Waals surface area contributed by atoms with Crippen molar-refractivity contribution in [1.29, 1.82) is 0 Å². The van der Waals surface area contributed by atoms with Crippen molar-refractivity contribution in [2.24, 2.45) is 0 Å². The quantitative estimate of drug-likeness (QED) is 0.307. The molecule has 7 nitrogen and oxygen atoms in total. The van der Waals surface area contributed by atoms with Crippen LogP contribution in [0.15, 0.2) is 42.5 Å². The summed E-state index contributed by atoms with van der Waals surface area (Å²) in [4.78, 5) is 27.7. The van der Waals surface area contributed by atoms with Crippen LogP contribution >= 0.6 is 23.2 Å². The summed E-state index contributed by atoms with van der Waals surface area (Å²) in [5.74, 6) is -0.553. The molecule has 10 heteroatoms. The number of nitrogens with zero attached hydrogens (tertiary/aromatic N) is 2. The van der Waals surface area contributed by atoms with Crippen LogP contribution in [0.3, 0.4) is 0 Å². The highest BCUT2D eigenvalue weighted by atomic mass is 35.5. The monoisotopic (exact) mass is 569 g/mol. The Morgan fingerprint density at radius 3 is 2.16 bits per heavy atom. The third-order valence-electron chi connectivity index (χ3n) is 6.17. The number of aryl methyl sites for hydroxylation is 1. The van der Waals surface area contributed by atoms with E-state index in [1.165, 1.54) is 9.21 Å². The lowest BCUT2D eigenvalue weighted by molar-refractivity contribution is -0.140. The standard InChI is InChI=1S/C27H37Cl2N3O4S/c1-5-7-17-30-27(34)20(3)31(19-23-24(28)10-8-11-25(23)29)26(33)12-9-18-32(37(4,35)36)22-15-13-21(6-2)14-16-22/h8,10-11,13-16,20H,5-7,9,12,17-19H2,1-4H3,(H,30,34)/t20-/m1/s1. The molecular formula is C27H37Cl2N3O4S. The first-order valence-corrected chi connectivity index (χ1v) is 15.2. The van der Waals surface area contributed by atoms with Gasteiger partial charge in [0.2, 0.25) is 21.8 Å². The number of hydrogen-bond donors (Lipinski definition) is 1. The normalized spacial score (nSPS) is 12.2. The summed E-state index contributed by atoms with van der Waals surface area (Å²) in [6, 6.07) is 11.7. The zero-order valence-corrected chi connectivity index (χ0v) is 24.3. The van der Waals surface area contributed by atoms with E-state index in [9.17, 15) is 18.0 Å². The smallest absolute Gasteiger partial charge is 0.242 e. The Labute approximate surface area is 231 Å². The van der Waals surface area contributed by atoms with Gasteiger partial charge < -0.3 is 10.2 Å². The fraction of sp³-hybridized carbons (Fsp3) is 0.481. The summed E-state index contributed by atoms with van der Waals surface area (Å²) in [5, 5.41) is 3.68. The number of benzene rings is 2. The summed E-state index contributed by atoms with van der Waals surface area (Å²) < 4.78 is 26.3. The van der Waals surface area contributed by atoms with Crippen molar-refractivity contribution in [3.05, 3.63) is 63.6 Å². The number of nitrogens with one attached hydrogen (secondary N) is 1. The van der Waals surface area contributed by atoms with Gasteiger partial charge >= 0.3 is 0 Å². The van der Waals surface area contributed by atoms with Crippen LogP contribution in [-0.2, 0) is 32.6 Å². The van der Waals surface area contributed by atoms with E-state index < -0.39 is 16.1 Å². The second-order valence-electron chi connectivity index (χ2n) is 9.00. The van der Waals surface area contributed by atoms with Crippen LogP contribution in [0.4, 0.5) is 5.69 Å². The molecule has 0 saturated carbocycles. The van der Waals surface area contributed by atoms with Crippen LogP contribution in [0.2, 0.25) is 10.0 Å². The summed E-state index contributed by atoms with van der Waals surface area (Å²) in [6.07, 6.45) is 4.10. The Morgan fingerprint density at radius 1 is 1.00 bits per heavy atom. The van der Waals surface area contributed by atoms with Gasteiger partial charge in [0.1, 0.15) is 6.04 Å². The number of carbonyl (C=O) groups is 2. The zero-order valence-electron chi connectivity index (χ0n) is 22.0. The summed E-state index contributed by atoms with van der Waals surface area (Å²) in [5.41, 5.74) is 2.21. The maximum absolute atomic E-state index is 13.4. The molecule has 2 amide bonds. The molecule has 0 aromatic heterocycles. The number of rotatable bonds is 14. The van der Waals surface area contributed by atoms with Crippen LogP contribution in [0.5, 0.6) is 0 Å². The van der Waals surface area contributed by atoms with Crippen LogP contribution in [-0.4, -0.2) is 50.5 Å². The van der Waals surface area contributed by atoms with Gasteiger partial charge in [0.15, 0.2) is 0 Å². The third-order valence-corrected chi connectivity index (χ3v) is 8.07. The van der Waals surface area contributed by atoms with Gasteiger partial charge in [-0.3, -0.25) is 13.9 Å². The number of sulfonamides is 1. The first-order chi connectivity index (χ1) is 17.5. The minimum Gasteiger partial charge on any atom is -0.354 e. The molecule has 2 aromatic carbocycles. The molecular weight excluding hydrogens is 533 g/mol. The molecule has 204 valence electrons. The van der Waals surface area contributed by atoms with Gasteiger partial charge in [-0.1, -0.05) is 61.7 Å². The van der Waals surface area contributed by atoms with Crippen LogP contribution in [0, 0.1) is 0 Å². The molecule has 1 atom stereocenters. The van der Waals surface area contributed by atoms with E-state index in [1.54, 1.807) is 37.3 Å². The van der Waals surface area contributed by atoms with Gasteiger partial charge in [-0.15, -0.1) is 0 Å². The van der Waals surface area contributed by atoms with Gasteiger partial charge in [-0.25, -0.2) is 8.42 Å². The van der Waals surface area contributed by atoms with Crippen molar-refractivity contribution in [2.75, 3.05) is 23.7 Å². The second-order valence-corrected chi connectivity index (χ2v) is 11.7. The molecule has 2 rings (SSSR count). The van der Waals surface area contributed by atoms with Gasteiger partial charge in [-0.2, -0.15) is 0 Å². The van der Waals surface area contributed by atoms with E-state index in [0.717, 1.165) is 31.1 Å². The Kier molecular flexibility index (Phi) is 12.2. The van der Waals surface area contributed by atoms with Crippen molar-refractivity contribution in [3.8, 4) is 0 Å². The van der Waals surface area contributed by atoms with E-state index in [0.29, 0.717) is 27.8 Å². The average Bonchev–Trinajstić information content (AvgIpc) is 2.85. The first kappa shape index (κ1) is 30.9. The number of carbonyl (C=O) groups excluding carboxylic acids is 2.